The van der Waals surface area contributed by atoms with E-state index in [1.165, 1.54) is 25.7 Å². The predicted octanol–water partition coefficient (Wildman–Crippen LogP) is 3.62. The van der Waals surface area contributed by atoms with Crippen LogP contribution in [0.3, 0.4) is 0 Å². The highest BCUT2D eigenvalue weighted by Gasteiger charge is 2.45. The van der Waals surface area contributed by atoms with Gasteiger partial charge in [-0.1, -0.05) is 46.5 Å². The molecular formula is C18H34N2O. The van der Waals surface area contributed by atoms with Gasteiger partial charge in [-0.05, 0) is 43.9 Å². The lowest BCUT2D eigenvalue weighted by atomic mass is 9.73. The van der Waals surface area contributed by atoms with E-state index in [1.807, 2.05) is 0 Å². The minimum atomic E-state index is -0.138. The molecule has 1 amide bonds. The first-order valence-electron chi connectivity index (χ1n) is 8.94. The van der Waals surface area contributed by atoms with E-state index in [-0.39, 0.29) is 11.0 Å². The Kier molecular flexibility index (Phi) is 5.34. The van der Waals surface area contributed by atoms with Crippen LogP contribution in [0.15, 0.2) is 0 Å². The molecule has 2 unspecified atom stereocenters. The van der Waals surface area contributed by atoms with Crippen LogP contribution < -0.4 is 11.1 Å². The van der Waals surface area contributed by atoms with Gasteiger partial charge in [0.05, 0.1) is 5.54 Å². The minimum absolute atomic E-state index is 0.114. The molecule has 2 rings (SSSR count). The third kappa shape index (κ3) is 3.80. The standard InChI is InChI=1S/C18H34N2O/c1-14(2)11-17(8-4-5-9-17)16(21)20-18(13-19)10-6-7-15(3)12-18/h14-15H,4-13,19H2,1-3H3,(H,20,21). The average molecular weight is 294 g/mol. The highest BCUT2D eigenvalue weighted by atomic mass is 16.2. The van der Waals surface area contributed by atoms with Crippen molar-refractivity contribution in [3.05, 3.63) is 0 Å². The van der Waals surface area contributed by atoms with Crippen molar-refractivity contribution in [3.8, 4) is 0 Å². The summed E-state index contributed by atoms with van der Waals surface area (Å²) >= 11 is 0. The number of hydrogen-bond donors (Lipinski definition) is 2. The lowest BCUT2D eigenvalue weighted by Gasteiger charge is -2.43. The van der Waals surface area contributed by atoms with Gasteiger partial charge in [0.1, 0.15) is 0 Å². The van der Waals surface area contributed by atoms with Gasteiger partial charge in [-0.2, -0.15) is 0 Å². The Morgan fingerprint density at radius 1 is 1.24 bits per heavy atom. The van der Waals surface area contributed by atoms with Crippen LogP contribution in [0.1, 0.15) is 78.6 Å². The molecule has 0 aromatic heterocycles. The summed E-state index contributed by atoms with van der Waals surface area (Å²) in [6, 6.07) is 0. The Morgan fingerprint density at radius 3 is 2.43 bits per heavy atom. The Labute approximate surface area is 130 Å². The molecule has 2 aliphatic rings. The van der Waals surface area contributed by atoms with Crippen molar-refractivity contribution >= 4 is 5.91 Å². The highest BCUT2D eigenvalue weighted by Crippen LogP contribution is 2.44. The first-order chi connectivity index (χ1) is 9.91. The molecule has 0 radical (unpaired) electrons. The molecule has 0 aliphatic heterocycles. The zero-order chi connectivity index (χ0) is 15.5. The molecule has 0 bridgehead atoms. The van der Waals surface area contributed by atoms with Crippen LogP contribution in [0.4, 0.5) is 0 Å². The summed E-state index contributed by atoms with van der Waals surface area (Å²) in [5.41, 5.74) is 5.83. The smallest absolute Gasteiger partial charge is 0.226 e. The van der Waals surface area contributed by atoms with Gasteiger partial charge in [-0.3, -0.25) is 4.79 Å². The van der Waals surface area contributed by atoms with Crippen molar-refractivity contribution in [2.24, 2.45) is 23.0 Å². The number of carbonyl (C=O) groups is 1. The molecule has 0 aromatic rings. The number of carbonyl (C=O) groups excluding carboxylic acids is 1. The van der Waals surface area contributed by atoms with Gasteiger partial charge >= 0.3 is 0 Å². The third-order valence-corrected chi connectivity index (χ3v) is 5.70. The average Bonchev–Trinajstić information content (AvgIpc) is 2.87. The van der Waals surface area contributed by atoms with E-state index >= 15 is 0 Å². The maximum absolute atomic E-state index is 13.1. The van der Waals surface area contributed by atoms with Gasteiger partial charge < -0.3 is 11.1 Å². The first-order valence-corrected chi connectivity index (χ1v) is 8.94. The molecule has 0 heterocycles. The molecule has 2 fully saturated rings. The van der Waals surface area contributed by atoms with E-state index in [4.69, 9.17) is 5.73 Å². The lowest BCUT2D eigenvalue weighted by Crippen LogP contribution is -2.59. The van der Waals surface area contributed by atoms with E-state index in [0.717, 1.165) is 32.1 Å². The molecule has 2 saturated carbocycles. The van der Waals surface area contributed by atoms with Gasteiger partial charge in [-0.15, -0.1) is 0 Å². The molecule has 0 saturated heterocycles. The van der Waals surface area contributed by atoms with Gasteiger partial charge in [0.2, 0.25) is 5.91 Å². The van der Waals surface area contributed by atoms with Crippen molar-refractivity contribution in [3.63, 3.8) is 0 Å². The molecule has 0 aromatic carbocycles. The van der Waals surface area contributed by atoms with Crippen molar-refractivity contribution < 1.29 is 4.79 Å². The Balaban J connectivity index is 2.10. The zero-order valence-corrected chi connectivity index (χ0v) is 14.2. The number of hydrogen-bond acceptors (Lipinski definition) is 2. The van der Waals surface area contributed by atoms with Crippen LogP contribution in [0.2, 0.25) is 0 Å². The first kappa shape index (κ1) is 16.8. The summed E-state index contributed by atoms with van der Waals surface area (Å²) in [7, 11) is 0. The van der Waals surface area contributed by atoms with E-state index < -0.39 is 0 Å². The van der Waals surface area contributed by atoms with Crippen molar-refractivity contribution in [1.29, 1.82) is 0 Å². The van der Waals surface area contributed by atoms with Crippen LogP contribution in [-0.2, 0) is 4.79 Å². The van der Waals surface area contributed by atoms with Crippen LogP contribution in [0.25, 0.3) is 0 Å². The monoisotopic (exact) mass is 294 g/mol. The van der Waals surface area contributed by atoms with Crippen molar-refractivity contribution in [2.75, 3.05) is 6.54 Å². The fourth-order valence-corrected chi connectivity index (χ4v) is 4.74. The summed E-state index contributed by atoms with van der Waals surface area (Å²) in [6.45, 7) is 7.33. The van der Waals surface area contributed by atoms with Gasteiger partial charge in [0.25, 0.3) is 0 Å². The van der Waals surface area contributed by atoms with Gasteiger partial charge in [-0.25, -0.2) is 0 Å². The molecule has 0 spiro atoms. The second-order valence-electron chi connectivity index (χ2n) is 8.23. The fourth-order valence-electron chi connectivity index (χ4n) is 4.74. The van der Waals surface area contributed by atoms with E-state index in [1.54, 1.807) is 0 Å². The third-order valence-electron chi connectivity index (χ3n) is 5.70. The second kappa shape index (κ2) is 6.68. The Hall–Kier alpha value is -0.570. The quantitative estimate of drug-likeness (QED) is 0.813. The summed E-state index contributed by atoms with van der Waals surface area (Å²) in [5, 5.41) is 3.44. The van der Waals surface area contributed by atoms with Crippen molar-refractivity contribution in [1.82, 2.24) is 5.32 Å². The summed E-state index contributed by atoms with van der Waals surface area (Å²) in [5.74, 6) is 1.55. The fraction of sp³-hybridized carbons (Fsp3) is 0.944. The molecule has 3 heteroatoms. The van der Waals surface area contributed by atoms with Crippen molar-refractivity contribution in [2.45, 2.75) is 84.1 Å². The molecule has 3 N–H and O–H groups in total. The van der Waals surface area contributed by atoms with Crippen LogP contribution in [0, 0.1) is 17.3 Å². The Bertz CT molecular complexity index is 360. The van der Waals surface area contributed by atoms with Gasteiger partial charge in [0, 0.05) is 12.0 Å². The predicted molar refractivity (Wildman–Crippen MR) is 87.9 cm³/mol. The maximum atomic E-state index is 13.1. The molecule has 21 heavy (non-hydrogen) atoms. The maximum Gasteiger partial charge on any atom is 0.226 e. The largest absolute Gasteiger partial charge is 0.349 e. The van der Waals surface area contributed by atoms with E-state index in [2.05, 4.69) is 26.1 Å². The van der Waals surface area contributed by atoms with Crippen LogP contribution in [0.5, 0.6) is 0 Å². The molecule has 3 nitrogen and oxygen atoms in total. The van der Waals surface area contributed by atoms with E-state index in [0.29, 0.717) is 24.3 Å². The minimum Gasteiger partial charge on any atom is -0.349 e. The SMILES string of the molecule is CC(C)CC1(C(=O)NC2(CN)CCCC(C)C2)CCCC1. The molecule has 2 atom stereocenters. The Morgan fingerprint density at radius 2 is 1.90 bits per heavy atom. The number of nitrogens with one attached hydrogen (secondary N) is 1. The molecule has 2 aliphatic carbocycles. The topological polar surface area (TPSA) is 55.1 Å². The highest BCUT2D eigenvalue weighted by molar-refractivity contribution is 5.83. The summed E-state index contributed by atoms with van der Waals surface area (Å²) < 4.78 is 0. The summed E-state index contributed by atoms with van der Waals surface area (Å²) in [6.07, 6.45) is 10.1. The molecule has 122 valence electrons. The number of amides is 1. The number of nitrogens with two attached hydrogens (primary N) is 1. The zero-order valence-electron chi connectivity index (χ0n) is 14.2. The van der Waals surface area contributed by atoms with Crippen LogP contribution >= 0.6 is 0 Å². The number of rotatable bonds is 5. The summed E-state index contributed by atoms with van der Waals surface area (Å²) in [4.78, 5) is 13.1. The molecular weight excluding hydrogens is 260 g/mol. The van der Waals surface area contributed by atoms with Gasteiger partial charge in [0.15, 0.2) is 0 Å². The lowest BCUT2D eigenvalue weighted by molar-refractivity contribution is -0.134. The van der Waals surface area contributed by atoms with E-state index in [9.17, 15) is 4.79 Å². The second-order valence-corrected chi connectivity index (χ2v) is 8.23. The van der Waals surface area contributed by atoms with Crippen LogP contribution in [-0.4, -0.2) is 18.0 Å². The normalized spacial score (nSPS) is 32.3.